The standard InChI is InChI=1S/C27H34N2O3/c1-18-13-20(3)25(21(4)14-18)29-16-22(15-24(29)30)26(31)28-17-27(9-11-32-12-10-27)23-8-6-5-7-19(23)2/h5-8,13-14,22H,9-12,15-17H2,1-4H3,(H,28,31). The molecule has 4 rings (SSSR count). The molecule has 1 unspecified atom stereocenters. The fourth-order valence-electron chi connectivity index (χ4n) is 5.57. The van der Waals surface area contributed by atoms with Gasteiger partial charge in [0, 0.05) is 43.8 Å². The van der Waals surface area contributed by atoms with Crippen LogP contribution in [0.2, 0.25) is 0 Å². The Morgan fingerprint density at radius 3 is 2.38 bits per heavy atom. The molecule has 2 amide bonds. The number of nitrogens with one attached hydrogen (secondary N) is 1. The summed E-state index contributed by atoms with van der Waals surface area (Å²) < 4.78 is 5.64. The second-order valence-electron chi connectivity index (χ2n) is 9.58. The highest BCUT2D eigenvalue weighted by Gasteiger charge is 2.39. The van der Waals surface area contributed by atoms with Crippen LogP contribution < -0.4 is 10.2 Å². The summed E-state index contributed by atoms with van der Waals surface area (Å²) in [5, 5.41) is 3.22. The molecule has 2 heterocycles. The van der Waals surface area contributed by atoms with Gasteiger partial charge < -0.3 is 15.0 Å². The molecule has 1 N–H and O–H groups in total. The topological polar surface area (TPSA) is 58.6 Å². The van der Waals surface area contributed by atoms with Crippen LogP contribution in [0.15, 0.2) is 36.4 Å². The third-order valence-corrected chi connectivity index (χ3v) is 7.17. The average Bonchev–Trinajstić information content (AvgIpc) is 3.13. The Bertz CT molecular complexity index is 1000. The molecule has 2 saturated heterocycles. The van der Waals surface area contributed by atoms with Crippen LogP contribution in [0, 0.1) is 33.6 Å². The molecule has 2 aromatic rings. The van der Waals surface area contributed by atoms with Crippen molar-refractivity contribution in [2.75, 3.05) is 31.2 Å². The van der Waals surface area contributed by atoms with Gasteiger partial charge in [-0.3, -0.25) is 9.59 Å². The molecule has 0 saturated carbocycles. The number of carbonyl (C=O) groups excluding carboxylic acids is 2. The van der Waals surface area contributed by atoms with E-state index in [0.717, 1.165) is 29.7 Å². The molecule has 0 radical (unpaired) electrons. The Morgan fingerprint density at radius 2 is 1.72 bits per heavy atom. The maximum absolute atomic E-state index is 13.2. The number of hydrogen-bond acceptors (Lipinski definition) is 3. The van der Waals surface area contributed by atoms with Gasteiger partial charge >= 0.3 is 0 Å². The van der Waals surface area contributed by atoms with Crippen LogP contribution in [0.3, 0.4) is 0 Å². The number of amides is 2. The van der Waals surface area contributed by atoms with E-state index in [2.05, 4.69) is 55.6 Å². The van der Waals surface area contributed by atoms with Gasteiger partial charge in [-0.05, 0) is 62.8 Å². The molecule has 0 aromatic heterocycles. The predicted octanol–water partition coefficient (Wildman–Crippen LogP) is 4.14. The van der Waals surface area contributed by atoms with Crippen LogP contribution in [0.1, 0.15) is 47.1 Å². The van der Waals surface area contributed by atoms with E-state index in [-0.39, 0.29) is 29.6 Å². The summed E-state index contributed by atoms with van der Waals surface area (Å²) in [6.45, 7) is 10.7. The zero-order valence-electron chi connectivity index (χ0n) is 19.7. The predicted molar refractivity (Wildman–Crippen MR) is 127 cm³/mol. The molecule has 2 aliphatic rings. The fourth-order valence-corrected chi connectivity index (χ4v) is 5.57. The van der Waals surface area contributed by atoms with E-state index in [9.17, 15) is 9.59 Å². The molecule has 5 heteroatoms. The monoisotopic (exact) mass is 434 g/mol. The number of carbonyl (C=O) groups is 2. The lowest BCUT2D eigenvalue weighted by atomic mass is 9.72. The van der Waals surface area contributed by atoms with Gasteiger partial charge in [-0.25, -0.2) is 0 Å². The van der Waals surface area contributed by atoms with Crippen LogP contribution in [-0.4, -0.2) is 38.1 Å². The highest BCUT2D eigenvalue weighted by atomic mass is 16.5. The van der Waals surface area contributed by atoms with Crippen LogP contribution in [0.5, 0.6) is 0 Å². The quantitative estimate of drug-likeness (QED) is 0.770. The van der Waals surface area contributed by atoms with Gasteiger partial charge in [0.15, 0.2) is 0 Å². The first-order chi connectivity index (χ1) is 15.3. The van der Waals surface area contributed by atoms with Crippen molar-refractivity contribution in [2.24, 2.45) is 5.92 Å². The molecular weight excluding hydrogens is 400 g/mol. The Balaban J connectivity index is 1.48. The summed E-state index contributed by atoms with van der Waals surface area (Å²) in [6.07, 6.45) is 2.03. The van der Waals surface area contributed by atoms with E-state index >= 15 is 0 Å². The van der Waals surface area contributed by atoms with Gasteiger partial charge in [-0.1, -0.05) is 42.0 Å². The normalized spacial score (nSPS) is 20.4. The van der Waals surface area contributed by atoms with Crippen molar-refractivity contribution in [1.29, 1.82) is 0 Å². The van der Waals surface area contributed by atoms with Gasteiger partial charge in [-0.2, -0.15) is 0 Å². The Hall–Kier alpha value is -2.66. The molecule has 0 spiro atoms. The van der Waals surface area contributed by atoms with Crippen molar-refractivity contribution in [3.8, 4) is 0 Å². The number of nitrogens with zero attached hydrogens (tertiary/aromatic N) is 1. The first-order valence-corrected chi connectivity index (χ1v) is 11.6. The van der Waals surface area contributed by atoms with Crippen LogP contribution in [-0.2, 0) is 19.7 Å². The first kappa shape index (κ1) is 22.5. The summed E-state index contributed by atoms with van der Waals surface area (Å²) in [7, 11) is 0. The van der Waals surface area contributed by atoms with E-state index in [1.54, 1.807) is 4.90 Å². The maximum Gasteiger partial charge on any atom is 0.227 e. The van der Waals surface area contributed by atoms with E-state index in [0.29, 0.717) is 26.3 Å². The molecule has 5 nitrogen and oxygen atoms in total. The summed E-state index contributed by atoms with van der Waals surface area (Å²) in [5.41, 5.74) is 6.72. The molecule has 2 fully saturated rings. The lowest BCUT2D eigenvalue weighted by molar-refractivity contribution is -0.126. The summed E-state index contributed by atoms with van der Waals surface area (Å²) >= 11 is 0. The largest absolute Gasteiger partial charge is 0.381 e. The van der Waals surface area contributed by atoms with Gasteiger partial charge in [0.25, 0.3) is 0 Å². The smallest absolute Gasteiger partial charge is 0.227 e. The fraction of sp³-hybridized carbons (Fsp3) is 0.481. The van der Waals surface area contributed by atoms with Crippen LogP contribution >= 0.6 is 0 Å². The van der Waals surface area contributed by atoms with Gasteiger partial charge in [0.2, 0.25) is 11.8 Å². The van der Waals surface area contributed by atoms with Crippen LogP contribution in [0.4, 0.5) is 5.69 Å². The third-order valence-electron chi connectivity index (χ3n) is 7.17. The lowest BCUT2D eigenvalue weighted by Gasteiger charge is -2.39. The first-order valence-electron chi connectivity index (χ1n) is 11.6. The maximum atomic E-state index is 13.2. The molecule has 32 heavy (non-hydrogen) atoms. The molecule has 0 bridgehead atoms. The number of anilines is 1. The van der Waals surface area contributed by atoms with E-state index in [4.69, 9.17) is 4.74 Å². The molecule has 1 atom stereocenters. The van der Waals surface area contributed by atoms with E-state index < -0.39 is 0 Å². The summed E-state index contributed by atoms with van der Waals surface area (Å²) in [6, 6.07) is 12.6. The number of ether oxygens (including phenoxy) is 1. The molecule has 2 aromatic carbocycles. The average molecular weight is 435 g/mol. The third kappa shape index (κ3) is 4.31. The highest BCUT2D eigenvalue weighted by molar-refractivity contribution is 6.01. The zero-order chi connectivity index (χ0) is 22.9. The van der Waals surface area contributed by atoms with Gasteiger partial charge in [0.05, 0.1) is 5.92 Å². The van der Waals surface area contributed by atoms with Gasteiger partial charge in [0.1, 0.15) is 0 Å². The lowest BCUT2D eigenvalue weighted by Crippen LogP contribution is -2.46. The van der Waals surface area contributed by atoms with Crippen molar-refractivity contribution >= 4 is 17.5 Å². The Labute approximate surface area is 191 Å². The molecule has 2 aliphatic heterocycles. The Morgan fingerprint density at radius 1 is 1.06 bits per heavy atom. The van der Waals surface area contributed by atoms with Crippen LogP contribution in [0.25, 0.3) is 0 Å². The summed E-state index contributed by atoms with van der Waals surface area (Å²) in [5.74, 6) is -0.320. The van der Waals surface area contributed by atoms with Crippen molar-refractivity contribution in [3.63, 3.8) is 0 Å². The minimum atomic E-state index is -0.323. The number of hydrogen-bond donors (Lipinski definition) is 1. The Kier molecular flexibility index (Phi) is 6.38. The number of benzene rings is 2. The minimum Gasteiger partial charge on any atom is -0.381 e. The number of rotatable bonds is 5. The molecule has 170 valence electrons. The molecule has 0 aliphatic carbocycles. The summed E-state index contributed by atoms with van der Waals surface area (Å²) in [4.78, 5) is 27.8. The van der Waals surface area contributed by atoms with Gasteiger partial charge in [-0.15, -0.1) is 0 Å². The highest BCUT2D eigenvalue weighted by Crippen LogP contribution is 2.37. The van der Waals surface area contributed by atoms with Crippen molar-refractivity contribution < 1.29 is 14.3 Å². The van der Waals surface area contributed by atoms with E-state index in [1.807, 2.05) is 13.8 Å². The second kappa shape index (κ2) is 9.07. The minimum absolute atomic E-state index is 0.0253. The molecular formula is C27H34N2O3. The zero-order valence-corrected chi connectivity index (χ0v) is 19.7. The van der Waals surface area contributed by atoms with Crippen molar-refractivity contribution in [2.45, 2.75) is 52.4 Å². The van der Waals surface area contributed by atoms with Crippen molar-refractivity contribution in [3.05, 3.63) is 64.2 Å². The second-order valence-corrected chi connectivity index (χ2v) is 9.58. The SMILES string of the molecule is Cc1cc(C)c(N2CC(C(=O)NCC3(c4ccccc4C)CCOCC3)CC2=O)c(C)c1. The van der Waals surface area contributed by atoms with E-state index in [1.165, 1.54) is 16.7 Å². The number of aryl methyl sites for hydroxylation is 4. The van der Waals surface area contributed by atoms with Crippen molar-refractivity contribution in [1.82, 2.24) is 5.32 Å².